The number of carbonyl (C=O) groups excluding carboxylic acids is 2. The maximum atomic E-state index is 12.1. The van der Waals surface area contributed by atoms with Crippen molar-refractivity contribution in [1.82, 2.24) is 20.2 Å². The second kappa shape index (κ2) is 12.2. The highest BCUT2D eigenvalue weighted by atomic mass is 32.2. The molecule has 0 unspecified atom stereocenters. The third kappa shape index (κ3) is 7.34. The van der Waals surface area contributed by atoms with Gasteiger partial charge >= 0.3 is 0 Å². The number of nitrogens with one attached hydrogen (secondary N) is 2. The highest BCUT2D eigenvalue weighted by molar-refractivity contribution is 7.99. The Balaban J connectivity index is 1.81. The second-order valence-electron chi connectivity index (χ2n) is 5.99. The van der Waals surface area contributed by atoms with Crippen molar-refractivity contribution in [3.8, 4) is 0 Å². The molecule has 0 atom stereocenters. The standard InChI is InChI=1S/C19H26N4O4S/c1-27-10-9-21-17(25)12-23-16(13-24)11-22-19(23)28-14-18(26)20-8-7-15-5-3-2-4-6-15/h2-6,11,24H,7-10,12-14H2,1H3,(H,20,26)(H,21,25). The van der Waals surface area contributed by atoms with Gasteiger partial charge in [-0.1, -0.05) is 42.1 Å². The Morgan fingerprint density at radius 2 is 1.93 bits per heavy atom. The molecule has 0 aliphatic carbocycles. The van der Waals surface area contributed by atoms with Gasteiger partial charge in [0.2, 0.25) is 11.8 Å². The number of amides is 2. The van der Waals surface area contributed by atoms with Crippen LogP contribution in [0.3, 0.4) is 0 Å². The number of thioether (sulfide) groups is 1. The normalized spacial score (nSPS) is 10.6. The average molecular weight is 407 g/mol. The Kier molecular flexibility index (Phi) is 9.53. The number of hydrogen-bond acceptors (Lipinski definition) is 6. The zero-order valence-electron chi connectivity index (χ0n) is 15.9. The molecule has 0 bridgehead atoms. The van der Waals surface area contributed by atoms with E-state index in [1.807, 2.05) is 30.3 Å². The van der Waals surface area contributed by atoms with Gasteiger partial charge in [0, 0.05) is 20.2 Å². The first-order valence-corrected chi connectivity index (χ1v) is 9.97. The van der Waals surface area contributed by atoms with Crippen LogP contribution in [0.5, 0.6) is 0 Å². The van der Waals surface area contributed by atoms with E-state index < -0.39 is 0 Å². The molecule has 2 amide bonds. The number of aliphatic hydroxyl groups excluding tert-OH is 1. The van der Waals surface area contributed by atoms with E-state index >= 15 is 0 Å². The first-order chi connectivity index (χ1) is 13.6. The van der Waals surface area contributed by atoms with Crippen molar-refractivity contribution in [3.63, 3.8) is 0 Å². The number of aromatic nitrogens is 2. The average Bonchev–Trinajstić information content (AvgIpc) is 3.09. The van der Waals surface area contributed by atoms with Gasteiger partial charge in [-0.05, 0) is 12.0 Å². The van der Waals surface area contributed by atoms with E-state index in [4.69, 9.17) is 4.74 Å². The van der Waals surface area contributed by atoms with Gasteiger partial charge in [-0.15, -0.1) is 0 Å². The molecule has 0 fully saturated rings. The van der Waals surface area contributed by atoms with Crippen LogP contribution in [0.4, 0.5) is 0 Å². The van der Waals surface area contributed by atoms with Crippen LogP contribution in [-0.2, 0) is 33.9 Å². The molecule has 9 heteroatoms. The first kappa shape index (κ1) is 21.9. The summed E-state index contributed by atoms with van der Waals surface area (Å²) in [5.41, 5.74) is 1.69. The Bertz CT molecular complexity index is 752. The quantitative estimate of drug-likeness (QED) is 0.352. The maximum Gasteiger partial charge on any atom is 0.240 e. The molecule has 2 rings (SSSR count). The third-order valence-electron chi connectivity index (χ3n) is 3.90. The molecule has 0 spiro atoms. The van der Waals surface area contributed by atoms with Gasteiger partial charge in [0.25, 0.3) is 0 Å². The fraction of sp³-hybridized carbons (Fsp3) is 0.421. The van der Waals surface area contributed by atoms with Crippen molar-refractivity contribution in [2.45, 2.75) is 24.7 Å². The van der Waals surface area contributed by atoms with Gasteiger partial charge in [0.15, 0.2) is 5.16 Å². The van der Waals surface area contributed by atoms with E-state index in [9.17, 15) is 14.7 Å². The molecule has 0 aliphatic heterocycles. The fourth-order valence-corrected chi connectivity index (χ4v) is 3.29. The molecule has 1 aromatic heterocycles. The van der Waals surface area contributed by atoms with Crippen molar-refractivity contribution in [3.05, 3.63) is 47.8 Å². The zero-order chi connectivity index (χ0) is 20.2. The van der Waals surface area contributed by atoms with E-state index in [2.05, 4.69) is 15.6 Å². The van der Waals surface area contributed by atoms with E-state index in [1.54, 1.807) is 11.7 Å². The Morgan fingerprint density at radius 1 is 1.18 bits per heavy atom. The lowest BCUT2D eigenvalue weighted by Crippen LogP contribution is -2.31. The summed E-state index contributed by atoms with van der Waals surface area (Å²) < 4.78 is 6.51. The number of aliphatic hydroxyl groups is 1. The van der Waals surface area contributed by atoms with Crippen molar-refractivity contribution in [2.24, 2.45) is 0 Å². The van der Waals surface area contributed by atoms with Gasteiger partial charge in [-0.25, -0.2) is 4.98 Å². The number of carbonyl (C=O) groups is 2. The molecule has 3 N–H and O–H groups in total. The van der Waals surface area contributed by atoms with Crippen molar-refractivity contribution in [1.29, 1.82) is 0 Å². The maximum absolute atomic E-state index is 12.1. The molecule has 0 aliphatic rings. The molecule has 0 radical (unpaired) electrons. The van der Waals surface area contributed by atoms with E-state index in [0.717, 1.165) is 12.0 Å². The minimum absolute atomic E-state index is 0.0254. The van der Waals surface area contributed by atoms with Crippen molar-refractivity contribution in [2.75, 3.05) is 32.6 Å². The summed E-state index contributed by atoms with van der Waals surface area (Å²) >= 11 is 1.23. The summed E-state index contributed by atoms with van der Waals surface area (Å²) in [5, 5.41) is 15.6. The van der Waals surface area contributed by atoms with Gasteiger partial charge in [0.05, 0.1) is 30.9 Å². The lowest BCUT2D eigenvalue weighted by atomic mass is 10.1. The van der Waals surface area contributed by atoms with Gasteiger partial charge in [-0.2, -0.15) is 0 Å². The van der Waals surface area contributed by atoms with E-state index in [0.29, 0.717) is 30.5 Å². The topological polar surface area (TPSA) is 105 Å². The smallest absolute Gasteiger partial charge is 0.240 e. The largest absolute Gasteiger partial charge is 0.390 e. The lowest BCUT2D eigenvalue weighted by Gasteiger charge is -2.11. The van der Waals surface area contributed by atoms with Crippen LogP contribution < -0.4 is 10.6 Å². The predicted molar refractivity (Wildman–Crippen MR) is 107 cm³/mol. The number of benzene rings is 1. The summed E-state index contributed by atoms with van der Waals surface area (Å²) in [6, 6.07) is 9.94. The highest BCUT2D eigenvalue weighted by Crippen LogP contribution is 2.18. The van der Waals surface area contributed by atoms with Crippen LogP contribution in [0, 0.1) is 0 Å². The number of imidazole rings is 1. The first-order valence-electron chi connectivity index (χ1n) is 8.98. The molecule has 1 aromatic carbocycles. The molecule has 0 saturated heterocycles. The van der Waals surface area contributed by atoms with Gasteiger partial charge < -0.3 is 25.0 Å². The number of hydrogen-bond donors (Lipinski definition) is 3. The minimum Gasteiger partial charge on any atom is -0.390 e. The molecule has 0 saturated carbocycles. The Morgan fingerprint density at radius 3 is 2.64 bits per heavy atom. The minimum atomic E-state index is -0.234. The number of nitrogens with zero attached hydrogens (tertiary/aromatic N) is 2. The van der Waals surface area contributed by atoms with Crippen LogP contribution in [0.15, 0.2) is 41.7 Å². The second-order valence-corrected chi connectivity index (χ2v) is 6.94. The summed E-state index contributed by atoms with van der Waals surface area (Å²) in [4.78, 5) is 28.3. The van der Waals surface area contributed by atoms with Crippen molar-refractivity contribution >= 4 is 23.6 Å². The lowest BCUT2D eigenvalue weighted by molar-refractivity contribution is -0.122. The van der Waals surface area contributed by atoms with Gasteiger partial charge in [0.1, 0.15) is 6.54 Å². The number of ether oxygens (including phenoxy) is 1. The molecule has 2 aromatic rings. The SMILES string of the molecule is COCCNC(=O)Cn1c(CO)cnc1SCC(=O)NCCc1ccccc1. The highest BCUT2D eigenvalue weighted by Gasteiger charge is 2.14. The zero-order valence-corrected chi connectivity index (χ0v) is 16.7. The monoisotopic (exact) mass is 406 g/mol. The van der Waals surface area contributed by atoms with E-state index in [1.165, 1.54) is 18.0 Å². The van der Waals surface area contributed by atoms with Gasteiger partial charge in [-0.3, -0.25) is 9.59 Å². The summed E-state index contributed by atoms with van der Waals surface area (Å²) in [6.45, 7) is 1.18. The number of rotatable bonds is 12. The third-order valence-corrected chi connectivity index (χ3v) is 4.90. The summed E-state index contributed by atoms with van der Waals surface area (Å²) in [5.74, 6) is -0.133. The summed E-state index contributed by atoms with van der Waals surface area (Å²) in [7, 11) is 1.56. The Hall–Kier alpha value is -2.36. The summed E-state index contributed by atoms with van der Waals surface area (Å²) in [6.07, 6.45) is 2.28. The molecular weight excluding hydrogens is 380 g/mol. The van der Waals surface area contributed by atoms with Crippen LogP contribution in [-0.4, -0.2) is 59.0 Å². The van der Waals surface area contributed by atoms with E-state index in [-0.39, 0.29) is 30.7 Å². The van der Waals surface area contributed by atoms with Crippen LogP contribution in [0.1, 0.15) is 11.3 Å². The van der Waals surface area contributed by atoms with Crippen molar-refractivity contribution < 1.29 is 19.4 Å². The molecule has 152 valence electrons. The van der Waals surface area contributed by atoms with Crippen LogP contribution >= 0.6 is 11.8 Å². The van der Waals surface area contributed by atoms with Crippen LogP contribution in [0.25, 0.3) is 0 Å². The molecule has 8 nitrogen and oxygen atoms in total. The number of methoxy groups -OCH3 is 1. The molecule has 1 heterocycles. The fourth-order valence-electron chi connectivity index (χ4n) is 2.47. The van der Waals surface area contributed by atoms with Crippen LogP contribution in [0.2, 0.25) is 0 Å². The predicted octanol–water partition coefficient (Wildman–Crippen LogP) is 0.589. The Labute approximate surface area is 168 Å². The molecular formula is C19H26N4O4S. The molecule has 28 heavy (non-hydrogen) atoms.